The van der Waals surface area contributed by atoms with Gasteiger partial charge in [0.1, 0.15) is 17.3 Å². The lowest BCUT2D eigenvalue weighted by molar-refractivity contribution is -0.137. The van der Waals surface area contributed by atoms with Gasteiger partial charge in [0, 0.05) is 37.1 Å². The van der Waals surface area contributed by atoms with Crippen molar-refractivity contribution in [1.29, 1.82) is 0 Å². The lowest BCUT2D eigenvalue weighted by Gasteiger charge is -2.40. The van der Waals surface area contributed by atoms with E-state index in [1.807, 2.05) is 24.2 Å². The number of rotatable bonds is 5. The van der Waals surface area contributed by atoms with Gasteiger partial charge in [-0.05, 0) is 44.0 Å². The largest absolute Gasteiger partial charge is 0.494 e. The highest BCUT2D eigenvalue weighted by molar-refractivity contribution is 5.69. The number of aromatic nitrogens is 3. The molecule has 0 amide bonds. The third kappa shape index (κ3) is 4.61. The van der Waals surface area contributed by atoms with Crippen LogP contribution in [0.4, 0.5) is 30.2 Å². The Kier molecular flexibility index (Phi) is 6.16. The number of pyridine rings is 1. The van der Waals surface area contributed by atoms with Crippen LogP contribution in [-0.2, 0) is 6.18 Å². The molecule has 0 N–H and O–H groups in total. The molecule has 4 rings (SSSR count). The summed E-state index contributed by atoms with van der Waals surface area (Å²) in [6.45, 7) is 3.40. The summed E-state index contributed by atoms with van der Waals surface area (Å²) in [5.74, 6) is 1.34. The van der Waals surface area contributed by atoms with Crippen molar-refractivity contribution < 1.29 is 17.9 Å². The third-order valence-electron chi connectivity index (χ3n) is 5.68. The van der Waals surface area contributed by atoms with E-state index in [9.17, 15) is 13.2 Å². The molecule has 0 saturated carbocycles. The molecule has 6 nitrogen and oxygen atoms in total. The van der Waals surface area contributed by atoms with Crippen LogP contribution >= 0.6 is 0 Å². The van der Waals surface area contributed by atoms with Gasteiger partial charge in [0.05, 0.1) is 37.0 Å². The summed E-state index contributed by atoms with van der Waals surface area (Å²) < 4.78 is 44.8. The Morgan fingerprint density at radius 1 is 1.00 bits per heavy atom. The molecule has 0 aliphatic carbocycles. The van der Waals surface area contributed by atoms with Gasteiger partial charge in [-0.15, -0.1) is 0 Å². The Morgan fingerprint density at radius 2 is 1.66 bits per heavy atom. The number of anilines is 3. The minimum Gasteiger partial charge on any atom is -0.494 e. The quantitative estimate of drug-likeness (QED) is 0.552. The van der Waals surface area contributed by atoms with Crippen LogP contribution in [0.1, 0.15) is 24.2 Å². The van der Waals surface area contributed by atoms with Crippen LogP contribution < -0.4 is 14.5 Å². The summed E-state index contributed by atoms with van der Waals surface area (Å²) in [6, 6.07) is 7.07. The Bertz CT molecular complexity index is 1030. The number of methoxy groups -OCH3 is 1. The second kappa shape index (κ2) is 9.02. The van der Waals surface area contributed by atoms with Crippen LogP contribution in [0.2, 0.25) is 0 Å². The van der Waals surface area contributed by atoms with E-state index < -0.39 is 11.7 Å². The van der Waals surface area contributed by atoms with Gasteiger partial charge in [-0.3, -0.25) is 4.98 Å². The minimum absolute atomic E-state index is 0.0625. The second-order valence-electron chi connectivity index (χ2n) is 7.67. The molecule has 32 heavy (non-hydrogen) atoms. The van der Waals surface area contributed by atoms with E-state index in [-0.39, 0.29) is 6.04 Å². The van der Waals surface area contributed by atoms with Gasteiger partial charge in [-0.25, -0.2) is 9.97 Å². The van der Waals surface area contributed by atoms with Gasteiger partial charge in [0.2, 0.25) is 0 Å². The van der Waals surface area contributed by atoms with E-state index in [0.717, 1.165) is 55.3 Å². The van der Waals surface area contributed by atoms with E-state index >= 15 is 0 Å². The first-order valence-corrected chi connectivity index (χ1v) is 10.3. The highest BCUT2D eigenvalue weighted by atomic mass is 19.4. The number of hydrogen-bond acceptors (Lipinski definition) is 6. The molecule has 168 valence electrons. The van der Waals surface area contributed by atoms with E-state index in [2.05, 4.69) is 19.9 Å². The Hall–Kier alpha value is -3.36. The molecule has 3 heterocycles. The van der Waals surface area contributed by atoms with Crippen molar-refractivity contribution >= 4 is 17.1 Å². The average molecular weight is 443 g/mol. The maximum absolute atomic E-state index is 13.1. The van der Waals surface area contributed by atoms with Crippen LogP contribution in [0.5, 0.6) is 5.75 Å². The predicted molar refractivity (Wildman–Crippen MR) is 116 cm³/mol. The topological polar surface area (TPSA) is 54.4 Å². The molecular formula is C23H24F3N5O. The van der Waals surface area contributed by atoms with Gasteiger partial charge in [-0.2, -0.15) is 13.2 Å². The molecule has 0 bridgehead atoms. The molecule has 0 spiro atoms. The van der Waals surface area contributed by atoms with Crippen molar-refractivity contribution in [2.24, 2.45) is 0 Å². The molecule has 1 fully saturated rings. The number of ether oxygens (including phenoxy) is 1. The Balaban J connectivity index is 1.62. The summed E-state index contributed by atoms with van der Waals surface area (Å²) in [7, 11) is 1.57. The maximum atomic E-state index is 13.1. The van der Waals surface area contributed by atoms with E-state index in [4.69, 9.17) is 4.74 Å². The van der Waals surface area contributed by atoms with E-state index in [1.54, 1.807) is 25.6 Å². The molecule has 0 unspecified atom stereocenters. The van der Waals surface area contributed by atoms with Crippen molar-refractivity contribution in [2.75, 3.05) is 30.0 Å². The molecule has 1 aliphatic rings. The van der Waals surface area contributed by atoms with Gasteiger partial charge < -0.3 is 14.5 Å². The monoisotopic (exact) mass is 443 g/mol. The van der Waals surface area contributed by atoms with Crippen LogP contribution in [0.15, 0.2) is 55.1 Å². The van der Waals surface area contributed by atoms with Gasteiger partial charge in [0.25, 0.3) is 0 Å². The molecule has 1 aliphatic heterocycles. The molecule has 1 saturated heterocycles. The van der Waals surface area contributed by atoms with Crippen molar-refractivity contribution in [2.45, 2.75) is 32.0 Å². The van der Waals surface area contributed by atoms with Crippen LogP contribution in [0.3, 0.4) is 0 Å². The van der Waals surface area contributed by atoms with Crippen molar-refractivity contribution in [3.8, 4) is 5.75 Å². The summed E-state index contributed by atoms with van der Waals surface area (Å²) in [5, 5.41) is 0. The first kappa shape index (κ1) is 21.9. The first-order valence-electron chi connectivity index (χ1n) is 10.3. The Labute approximate surface area is 184 Å². The summed E-state index contributed by atoms with van der Waals surface area (Å²) in [4.78, 5) is 17.0. The second-order valence-corrected chi connectivity index (χ2v) is 7.67. The zero-order valence-corrected chi connectivity index (χ0v) is 17.9. The SMILES string of the molecule is COc1ccncc1N(c1ccc(C(F)(F)F)cc1)C1CCN(c2cnc(C)nc2)CC1. The number of halogens is 3. The fraction of sp³-hybridized carbons (Fsp3) is 0.348. The normalized spacial score (nSPS) is 15.0. The number of benzene rings is 1. The number of nitrogens with zero attached hydrogens (tertiary/aromatic N) is 5. The van der Waals surface area contributed by atoms with Crippen molar-refractivity contribution in [1.82, 2.24) is 15.0 Å². The highest BCUT2D eigenvalue weighted by Crippen LogP contribution is 2.39. The minimum atomic E-state index is -4.38. The lowest BCUT2D eigenvalue weighted by Crippen LogP contribution is -2.43. The third-order valence-corrected chi connectivity index (χ3v) is 5.68. The molecule has 0 atom stereocenters. The maximum Gasteiger partial charge on any atom is 0.416 e. The first-order chi connectivity index (χ1) is 15.4. The fourth-order valence-corrected chi connectivity index (χ4v) is 4.02. The zero-order valence-electron chi connectivity index (χ0n) is 17.9. The number of hydrogen-bond donors (Lipinski definition) is 0. The molecule has 0 radical (unpaired) electrons. The van der Waals surface area contributed by atoms with Gasteiger partial charge in [-0.1, -0.05) is 0 Å². The number of piperidine rings is 1. The number of aryl methyl sites for hydroxylation is 1. The molecular weight excluding hydrogens is 419 g/mol. The van der Waals surface area contributed by atoms with Crippen LogP contribution in [0.25, 0.3) is 0 Å². The summed E-state index contributed by atoms with van der Waals surface area (Å²) in [6.07, 6.45) is 4.18. The smallest absolute Gasteiger partial charge is 0.416 e. The highest BCUT2D eigenvalue weighted by Gasteiger charge is 2.32. The Morgan fingerprint density at radius 3 is 2.25 bits per heavy atom. The summed E-state index contributed by atoms with van der Waals surface area (Å²) in [5.41, 5.74) is 1.69. The molecule has 9 heteroatoms. The van der Waals surface area contributed by atoms with E-state index in [1.165, 1.54) is 12.1 Å². The molecule has 3 aromatic rings. The zero-order chi connectivity index (χ0) is 22.7. The number of alkyl halides is 3. The predicted octanol–water partition coefficient (Wildman–Crippen LogP) is 5.01. The van der Waals surface area contributed by atoms with Crippen molar-refractivity contribution in [3.63, 3.8) is 0 Å². The fourth-order valence-electron chi connectivity index (χ4n) is 4.02. The molecule has 1 aromatic carbocycles. The van der Waals surface area contributed by atoms with E-state index in [0.29, 0.717) is 11.4 Å². The summed E-state index contributed by atoms with van der Waals surface area (Å²) >= 11 is 0. The average Bonchev–Trinajstić information content (AvgIpc) is 2.80. The lowest BCUT2D eigenvalue weighted by atomic mass is 10.0. The van der Waals surface area contributed by atoms with Crippen LogP contribution in [0, 0.1) is 6.92 Å². The molecule has 2 aromatic heterocycles. The van der Waals surface area contributed by atoms with Crippen LogP contribution in [-0.4, -0.2) is 41.2 Å². The standard InChI is InChI=1S/C23H24F3N5O/c1-16-28-13-20(14-29-16)30-11-8-19(9-12-30)31(21-15-27-10-7-22(21)32-2)18-5-3-17(4-6-18)23(24,25)26/h3-7,10,13-15,19H,8-9,11-12H2,1-2H3. The van der Waals surface area contributed by atoms with Gasteiger partial charge >= 0.3 is 6.18 Å². The van der Waals surface area contributed by atoms with Crippen molar-refractivity contribution in [3.05, 3.63) is 66.5 Å². The van der Waals surface area contributed by atoms with Gasteiger partial charge in [0.15, 0.2) is 0 Å².